The van der Waals surface area contributed by atoms with Crippen LogP contribution in [0.25, 0.3) is 0 Å². The first-order valence-electron chi connectivity index (χ1n) is 12.5. The molecule has 0 saturated carbocycles. The van der Waals surface area contributed by atoms with Crippen LogP contribution in [0.3, 0.4) is 0 Å². The van der Waals surface area contributed by atoms with Gasteiger partial charge in [-0.25, -0.2) is 0 Å². The smallest absolute Gasteiger partial charge is 0.238 e. The van der Waals surface area contributed by atoms with Gasteiger partial charge < -0.3 is 20.1 Å². The average Bonchev–Trinajstić information content (AvgIpc) is 3.14. The van der Waals surface area contributed by atoms with Crippen LogP contribution in [-0.2, 0) is 19.7 Å². The molecule has 9 heteroatoms. The molecule has 0 bridgehead atoms. The van der Waals surface area contributed by atoms with E-state index in [0.29, 0.717) is 52.3 Å². The largest absolute Gasteiger partial charge is 0.492 e. The number of rotatable bonds is 5. The molecule has 2 N–H and O–H groups in total. The highest BCUT2D eigenvalue weighted by molar-refractivity contribution is 6.32. The number of anilines is 1. The lowest BCUT2D eigenvalue weighted by Crippen LogP contribution is -2.57. The Morgan fingerprint density at radius 3 is 2.58 bits per heavy atom. The molecule has 2 saturated heterocycles. The number of piperidine rings is 1. The van der Waals surface area contributed by atoms with Gasteiger partial charge in [0, 0.05) is 39.0 Å². The van der Waals surface area contributed by atoms with Crippen molar-refractivity contribution in [1.29, 1.82) is 0 Å². The highest BCUT2D eigenvalue weighted by Crippen LogP contribution is 2.58. The van der Waals surface area contributed by atoms with Crippen molar-refractivity contribution in [2.75, 3.05) is 25.1 Å². The highest BCUT2D eigenvalue weighted by atomic mass is 35.5. The molecular weight excluding hydrogens is 522 g/mol. The number of fused-ring (bicyclic) bond motifs is 2. The van der Waals surface area contributed by atoms with Gasteiger partial charge in [-0.15, -0.1) is 0 Å². The first kappa shape index (κ1) is 25.3. The molecular formula is C29H25BCl2N2O4. The van der Waals surface area contributed by atoms with Crippen molar-refractivity contribution in [3.05, 3.63) is 87.4 Å². The number of benzene rings is 3. The van der Waals surface area contributed by atoms with Crippen molar-refractivity contribution < 1.29 is 19.1 Å². The molecule has 3 heterocycles. The van der Waals surface area contributed by atoms with Crippen molar-refractivity contribution in [3.8, 4) is 5.75 Å². The van der Waals surface area contributed by atoms with E-state index in [1.807, 2.05) is 24.3 Å². The van der Waals surface area contributed by atoms with Gasteiger partial charge in [0.1, 0.15) is 19.0 Å². The van der Waals surface area contributed by atoms with Crippen LogP contribution in [0.1, 0.15) is 42.0 Å². The molecule has 2 radical (unpaired) electrons. The fourth-order valence-electron chi connectivity index (χ4n) is 5.98. The third-order valence-electron chi connectivity index (χ3n) is 7.82. The minimum atomic E-state index is -1.21. The van der Waals surface area contributed by atoms with Gasteiger partial charge >= 0.3 is 0 Å². The second kappa shape index (κ2) is 9.33. The van der Waals surface area contributed by atoms with Gasteiger partial charge in [0.15, 0.2) is 0 Å². The van der Waals surface area contributed by atoms with Crippen molar-refractivity contribution >= 4 is 54.0 Å². The van der Waals surface area contributed by atoms with E-state index in [9.17, 15) is 9.59 Å². The molecule has 6 nitrogen and oxygen atoms in total. The molecule has 3 aliphatic heterocycles. The van der Waals surface area contributed by atoms with Crippen LogP contribution in [0.4, 0.5) is 5.69 Å². The molecule has 2 fully saturated rings. The highest BCUT2D eigenvalue weighted by Gasteiger charge is 2.61. The topological polar surface area (TPSA) is 76.7 Å². The molecule has 3 aliphatic rings. The van der Waals surface area contributed by atoms with Gasteiger partial charge in [0.05, 0.1) is 25.9 Å². The van der Waals surface area contributed by atoms with Gasteiger partial charge in [-0.05, 0) is 41.5 Å². The van der Waals surface area contributed by atoms with E-state index in [4.69, 9.17) is 40.5 Å². The van der Waals surface area contributed by atoms with E-state index in [-0.39, 0.29) is 23.7 Å². The van der Waals surface area contributed by atoms with E-state index >= 15 is 0 Å². The Hall–Kier alpha value is -3.00. The number of carbonyl (C=O) groups excluding carboxylic acids is 2. The molecule has 2 amide bonds. The maximum Gasteiger partial charge on any atom is 0.238 e. The fourth-order valence-corrected chi connectivity index (χ4v) is 6.35. The van der Waals surface area contributed by atoms with E-state index < -0.39 is 17.4 Å². The van der Waals surface area contributed by atoms with Gasteiger partial charge in [-0.2, -0.15) is 0 Å². The normalized spacial score (nSPS) is 25.3. The number of halogens is 2. The lowest BCUT2D eigenvalue weighted by molar-refractivity contribution is -0.131. The predicted octanol–water partition coefficient (Wildman–Crippen LogP) is 4.44. The molecule has 3 aromatic rings. The summed E-state index contributed by atoms with van der Waals surface area (Å²) in [5.41, 5.74) is 1.95. The summed E-state index contributed by atoms with van der Waals surface area (Å²) in [5.74, 6) is -0.390. The summed E-state index contributed by atoms with van der Waals surface area (Å²) in [4.78, 5) is 27.5. The number of hydrogen-bond donors (Lipinski definition) is 2. The summed E-state index contributed by atoms with van der Waals surface area (Å²) in [6.45, 7) is 3.73. The minimum absolute atomic E-state index is 0.0975. The third kappa shape index (κ3) is 4.08. The zero-order valence-electron chi connectivity index (χ0n) is 20.7. The summed E-state index contributed by atoms with van der Waals surface area (Å²) < 4.78 is 11.7. The summed E-state index contributed by atoms with van der Waals surface area (Å²) in [6.07, 6.45) is 0.0975. The van der Waals surface area contributed by atoms with Crippen LogP contribution < -0.4 is 20.8 Å². The molecule has 38 heavy (non-hydrogen) atoms. The van der Waals surface area contributed by atoms with Crippen molar-refractivity contribution in [2.24, 2.45) is 5.41 Å². The summed E-state index contributed by atoms with van der Waals surface area (Å²) in [7, 11) is 6.27. The van der Waals surface area contributed by atoms with Crippen LogP contribution >= 0.6 is 23.2 Å². The Balaban J connectivity index is 1.56. The average molecular weight is 547 g/mol. The lowest BCUT2D eigenvalue weighted by atomic mass is 9.59. The number of ether oxygens (including phenoxy) is 2. The Morgan fingerprint density at radius 2 is 1.84 bits per heavy atom. The summed E-state index contributed by atoms with van der Waals surface area (Å²) in [5, 5.41) is 7.20. The first-order chi connectivity index (χ1) is 18.2. The van der Waals surface area contributed by atoms with E-state index in [2.05, 4.69) is 17.6 Å². The quantitative estimate of drug-likeness (QED) is 0.464. The lowest BCUT2D eigenvalue weighted by Gasteiger charge is -2.47. The van der Waals surface area contributed by atoms with Crippen LogP contribution in [-0.4, -0.2) is 39.5 Å². The van der Waals surface area contributed by atoms with E-state index in [0.717, 1.165) is 11.1 Å². The second-order valence-electron chi connectivity index (χ2n) is 10.7. The monoisotopic (exact) mass is 546 g/mol. The first-order valence-corrected chi connectivity index (χ1v) is 13.2. The Kier molecular flexibility index (Phi) is 6.21. The number of nitrogens with one attached hydrogen (secondary N) is 2. The predicted molar refractivity (Wildman–Crippen MR) is 148 cm³/mol. The summed E-state index contributed by atoms with van der Waals surface area (Å²) >= 11 is 12.7. The zero-order chi connectivity index (χ0) is 26.7. The second-order valence-corrected chi connectivity index (χ2v) is 11.6. The number of amides is 2. The number of hydrogen-bond acceptors (Lipinski definition) is 4. The zero-order valence-corrected chi connectivity index (χ0v) is 22.2. The Bertz CT molecular complexity index is 1460. The molecule has 192 valence electrons. The van der Waals surface area contributed by atoms with Crippen LogP contribution in [0, 0.1) is 5.41 Å². The molecule has 3 aromatic carbocycles. The summed E-state index contributed by atoms with van der Waals surface area (Å²) in [6, 6.07) is 17.2. The maximum absolute atomic E-state index is 14.2. The Labute approximate surface area is 232 Å². The molecule has 0 aliphatic carbocycles. The molecule has 1 spiro atoms. The molecule has 3 atom stereocenters. The van der Waals surface area contributed by atoms with Crippen LogP contribution in [0.5, 0.6) is 5.75 Å². The van der Waals surface area contributed by atoms with E-state index in [1.54, 1.807) is 36.4 Å². The van der Waals surface area contributed by atoms with E-state index in [1.165, 1.54) is 0 Å². The third-order valence-corrected chi connectivity index (χ3v) is 8.29. The van der Waals surface area contributed by atoms with Gasteiger partial charge in [-0.1, -0.05) is 65.9 Å². The Morgan fingerprint density at radius 1 is 1.05 bits per heavy atom. The standard InChI is InChI=1S/C29H25BCl2N2O4/c1-28(13-37-14-28)15-38-24-8-5-17(30)10-20(24)26-29(21-7-6-19(32)11-23(21)33-27(29)36)22(12-25(35)34-26)16-3-2-4-18(31)9-16/h2-11,22,26H,12-15H2,1H3,(H,33,36)(H,34,35)/t22-,26+,29-/m0/s1. The van der Waals surface area contributed by atoms with Gasteiger partial charge in [-0.3, -0.25) is 9.59 Å². The maximum atomic E-state index is 14.2. The molecule has 6 rings (SSSR count). The fraction of sp³-hybridized carbons (Fsp3) is 0.310. The molecule has 0 aromatic heterocycles. The van der Waals surface area contributed by atoms with Crippen molar-refractivity contribution in [2.45, 2.75) is 30.7 Å². The van der Waals surface area contributed by atoms with Crippen LogP contribution in [0.2, 0.25) is 10.0 Å². The van der Waals surface area contributed by atoms with Gasteiger partial charge in [0.2, 0.25) is 11.8 Å². The van der Waals surface area contributed by atoms with Crippen molar-refractivity contribution in [3.63, 3.8) is 0 Å². The molecule has 0 unspecified atom stereocenters. The van der Waals surface area contributed by atoms with Crippen LogP contribution in [0.15, 0.2) is 60.7 Å². The number of carbonyl (C=O) groups is 2. The van der Waals surface area contributed by atoms with Crippen molar-refractivity contribution in [1.82, 2.24) is 5.32 Å². The minimum Gasteiger partial charge on any atom is -0.492 e. The SMILES string of the molecule is [B]c1ccc(OCC2(C)COC2)c([C@H]2NC(=O)C[C@@H](c3cccc(Cl)c3)[C@]23C(=O)Nc2cc(Cl)ccc23)c1. The van der Waals surface area contributed by atoms with Gasteiger partial charge in [0.25, 0.3) is 0 Å².